The fourth-order valence-corrected chi connectivity index (χ4v) is 2.11. The molecular formula is C12H16N2O3S. The topological polar surface area (TPSA) is 78.4 Å². The van der Waals surface area contributed by atoms with Crippen LogP contribution in [0.4, 0.5) is 0 Å². The van der Waals surface area contributed by atoms with Gasteiger partial charge in [-0.25, -0.2) is 4.72 Å². The van der Waals surface area contributed by atoms with E-state index in [0.29, 0.717) is 6.54 Å². The standard InChI is InChI=1S/C12H16N2O3S/c1-2-13-18(16,17)14-10-12-7-5-11(6-8-12)4-3-9-15/h5-8,13-15H,2,9-10H2,1H3. The summed E-state index contributed by atoms with van der Waals surface area (Å²) in [5.74, 6) is 5.30. The minimum atomic E-state index is -3.42. The summed E-state index contributed by atoms with van der Waals surface area (Å²) in [7, 11) is -3.42. The predicted molar refractivity (Wildman–Crippen MR) is 69.8 cm³/mol. The maximum absolute atomic E-state index is 11.3. The first-order chi connectivity index (χ1) is 8.57. The Hall–Kier alpha value is -1.39. The van der Waals surface area contributed by atoms with Crippen LogP contribution in [-0.2, 0) is 16.8 Å². The summed E-state index contributed by atoms with van der Waals surface area (Å²) in [6, 6.07) is 7.13. The summed E-state index contributed by atoms with van der Waals surface area (Å²) < 4.78 is 27.4. The van der Waals surface area contributed by atoms with Crippen molar-refractivity contribution < 1.29 is 13.5 Å². The molecule has 98 valence electrons. The fourth-order valence-electron chi connectivity index (χ4n) is 1.27. The molecule has 0 fully saturated rings. The first kappa shape index (κ1) is 14.7. The normalized spacial score (nSPS) is 10.8. The van der Waals surface area contributed by atoms with Crippen molar-refractivity contribution in [3.63, 3.8) is 0 Å². The summed E-state index contributed by atoms with van der Waals surface area (Å²) in [6.07, 6.45) is 0. The third-order valence-corrected chi connectivity index (χ3v) is 3.26. The Morgan fingerprint density at radius 3 is 2.44 bits per heavy atom. The molecule has 0 amide bonds. The molecule has 0 saturated carbocycles. The molecule has 0 spiro atoms. The zero-order chi connectivity index (χ0) is 13.4. The Morgan fingerprint density at radius 1 is 1.22 bits per heavy atom. The van der Waals surface area contributed by atoms with Gasteiger partial charge in [0.1, 0.15) is 6.61 Å². The van der Waals surface area contributed by atoms with Crippen LogP contribution in [0.15, 0.2) is 24.3 Å². The van der Waals surface area contributed by atoms with E-state index in [2.05, 4.69) is 21.3 Å². The van der Waals surface area contributed by atoms with Crippen LogP contribution >= 0.6 is 0 Å². The number of nitrogens with one attached hydrogen (secondary N) is 2. The van der Waals surface area contributed by atoms with Crippen LogP contribution in [0.2, 0.25) is 0 Å². The van der Waals surface area contributed by atoms with Crippen LogP contribution in [0.5, 0.6) is 0 Å². The SMILES string of the molecule is CCNS(=O)(=O)NCc1ccc(C#CCO)cc1. The van der Waals surface area contributed by atoms with Crippen molar-refractivity contribution >= 4 is 10.2 Å². The van der Waals surface area contributed by atoms with Gasteiger partial charge in [0.15, 0.2) is 0 Å². The molecule has 1 rings (SSSR count). The minimum Gasteiger partial charge on any atom is -0.384 e. The predicted octanol–water partition coefficient (Wildman–Crippen LogP) is -0.0257. The number of rotatable bonds is 5. The number of hydrogen-bond acceptors (Lipinski definition) is 3. The zero-order valence-corrected chi connectivity index (χ0v) is 10.9. The van der Waals surface area contributed by atoms with E-state index in [4.69, 9.17) is 5.11 Å². The third-order valence-electron chi connectivity index (χ3n) is 2.07. The highest BCUT2D eigenvalue weighted by Gasteiger charge is 2.06. The summed E-state index contributed by atoms with van der Waals surface area (Å²) in [5.41, 5.74) is 1.62. The van der Waals surface area contributed by atoms with Gasteiger partial charge in [-0.1, -0.05) is 30.9 Å². The molecule has 0 radical (unpaired) electrons. The molecule has 0 aliphatic carbocycles. The molecule has 3 N–H and O–H groups in total. The van der Waals surface area contributed by atoms with Crippen molar-refractivity contribution in [2.45, 2.75) is 13.5 Å². The summed E-state index contributed by atoms with van der Waals surface area (Å²) in [5, 5.41) is 8.55. The monoisotopic (exact) mass is 268 g/mol. The second kappa shape index (κ2) is 7.13. The number of hydrogen-bond donors (Lipinski definition) is 3. The van der Waals surface area contributed by atoms with Crippen LogP contribution in [0, 0.1) is 11.8 Å². The van der Waals surface area contributed by atoms with Crippen molar-refractivity contribution in [3.8, 4) is 11.8 Å². The van der Waals surface area contributed by atoms with E-state index in [9.17, 15) is 8.42 Å². The summed E-state index contributed by atoms with van der Waals surface area (Å²) in [6.45, 7) is 2.12. The number of aliphatic hydroxyl groups excluding tert-OH is 1. The van der Waals surface area contributed by atoms with Gasteiger partial charge in [0.05, 0.1) is 0 Å². The molecule has 0 bridgehead atoms. The average Bonchev–Trinajstić information content (AvgIpc) is 2.35. The fraction of sp³-hybridized carbons (Fsp3) is 0.333. The molecule has 0 aromatic heterocycles. The Kier molecular flexibility index (Phi) is 5.82. The maximum atomic E-state index is 11.3. The molecule has 5 nitrogen and oxygen atoms in total. The number of benzene rings is 1. The molecule has 0 atom stereocenters. The van der Waals surface area contributed by atoms with E-state index in [1.54, 1.807) is 31.2 Å². The van der Waals surface area contributed by atoms with Crippen molar-refractivity contribution in [1.82, 2.24) is 9.44 Å². The Morgan fingerprint density at radius 2 is 1.89 bits per heavy atom. The van der Waals surface area contributed by atoms with E-state index in [1.165, 1.54) is 0 Å². The first-order valence-corrected chi connectivity index (χ1v) is 6.98. The van der Waals surface area contributed by atoms with Crippen LogP contribution in [0.3, 0.4) is 0 Å². The Bertz CT molecular complexity index is 527. The summed E-state index contributed by atoms with van der Waals surface area (Å²) in [4.78, 5) is 0. The smallest absolute Gasteiger partial charge is 0.277 e. The van der Waals surface area contributed by atoms with Crippen molar-refractivity contribution in [1.29, 1.82) is 0 Å². The molecule has 0 heterocycles. The van der Waals surface area contributed by atoms with E-state index in [-0.39, 0.29) is 13.2 Å². The van der Waals surface area contributed by atoms with Gasteiger partial charge in [0.2, 0.25) is 0 Å². The van der Waals surface area contributed by atoms with Crippen molar-refractivity contribution in [2.75, 3.05) is 13.2 Å². The minimum absolute atomic E-state index is 0.176. The lowest BCUT2D eigenvalue weighted by atomic mass is 10.1. The molecule has 0 aliphatic heterocycles. The molecule has 1 aromatic rings. The van der Waals surface area contributed by atoms with Crippen LogP contribution in [-0.4, -0.2) is 26.7 Å². The van der Waals surface area contributed by atoms with Gasteiger partial charge in [-0.05, 0) is 17.7 Å². The highest BCUT2D eigenvalue weighted by molar-refractivity contribution is 7.87. The van der Waals surface area contributed by atoms with Crippen LogP contribution in [0.25, 0.3) is 0 Å². The van der Waals surface area contributed by atoms with E-state index >= 15 is 0 Å². The first-order valence-electron chi connectivity index (χ1n) is 5.50. The van der Waals surface area contributed by atoms with Gasteiger partial charge in [-0.2, -0.15) is 13.1 Å². The maximum Gasteiger partial charge on any atom is 0.277 e. The molecule has 0 aliphatic rings. The zero-order valence-electron chi connectivity index (χ0n) is 10.1. The van der Waals surface area contributed by atoms with Gasteiger partial charge in [0, 0.05) is 18.7 Å². The van der Waals surface area contributed by atoms with Gasteiger partial charge in [-0.3, -0.25) is 0 Å². The lowest BCUT2D eigenvalue weighted by Crippen LogP contribution is -2.35. The van der Waals surface area contributed by atoms with Crippen molar-refractivity contribution in [3.05, 3.63) is 35.4 Å². The molecule has 1 aromatic carbocycles. The second-order valence-electron chi connectivity index (χ2n) is 3.48. The van der Waals surface area contributed by atoms with Gasteiger partial charge < -0.3 is 5.11 Å². The van der Waals surface area contributed by atoms with E-state index in [1.807, 2.05) is 0 Å². The molecule has 0 unspecified atom stereocenters. The van der Waals surface area contributed by atoms with Gasteiger partial charge >= 0.3 is 0 Å². The van der Waals surface area contributed by atoms with Crippen LogP contribution < -0.4 is 9.44 Å². The lowest BCUT2D eigenvalue weighted by molar-refractivity contribution is 0.350. The lowest BCUT2D eigenvalue weighted by Gasteiger charge is -2.06. The molecular weight excluding hydrogens is 252 g/mol. The Labute approximate surface area is 107 Å². The molecule has 6 heteroatoms. The van der Waals surface area contributed by atoms with Gasteiger partial charge in [0.25, 0.3) is 10.2 Å². The summed E-state index contributed by atoms with van der Waals surface area (Å²) >= 11 is 0. The van der Waals surface area contributed by atoms with Gasteiger partial charge in [-0.15, -0.1) is 0 Å². The quantitative estimate of drug-likeness (QED) is 0.656. The Balaban J connectivity index is 2.59. The van der Waals surface area contributed by atoms with Crippen LogP contribution in [0.1, 0.15) is 18.1 Å². The van der Waals surface area contributed by atoms with Crippen molar-refractivity contribution in [2.24, 2.45) is 0 Å². The molecule has 18 heavy (non-hydrogen) atoms. The highest BCUT2D eigenvalue weighted by atomic mass is 32.2. The molecule has 0 saturated heterocycles. The second-order valence-corrected chi connectivity index (χ2v) is 5.06. The highest BCUT2D eigenvalue weighted by Crippen LogP contribution is 2.03. The van der Waals surface area contributed by atoms with E-state index < -0.39 is 10.2 Å². The largest absolute Gasteiger partial charge is 0.384 e. The average molecular weight is 268 g/mol. The van der Waals surface area contributed by atoms with E-state index in [0.717, 1.165) is 11.1 Å². The number of aliphatic hydroxyl groups is 1. The third kappa shape index (κ3) is 5.29.